The van der Waals surface area contributed by atoms with Crippen LogP contribution in [0.2, 0.25) is 0 Å². The molecule has 1 saturated heterocycles. The summed E-state index contributed by atoms with van der Waals surface area (Å²) in [5.41, 5.74) is 0.440. The van der Waals surface area contributed by atoms with Crippen LogP contribution in [-0.4, -0.2) is 30.6 Å². The van der Waals surface area contributed by atoms with Crippen LogP contribution in [0.4, 0.5) is 0 Å². The third kappa shape index (κ3) is 2.85. The minimum atomic E-state index is -0.138. The zero-order chi connectivity index (χ0) is 13.1. The van der Waals surface area contributed by atoms with Crippen molar-refractivity contribution in [3.8, 4) is 10.8 Å². The molecule has 2 aromatic rings. The monoisotopic (exact) mass is 278 g/mol. The van der Waals surface area contributed by atoms with Crippen LogP contribution in [0.15, 0.2) is 28.2 Å². The van der Waals surface area contributed by atoms with E-state index in [1.807, 2.05) is 6.07 Å². The Morgan fingerprint density at radius 3 is 3.26 bits per heavy atom. The zero-order valence-corrected chi connectivity index (χ0v) is 11.1. The molecule has 1 atom stereocenters. The van der Waals surface area contributed by atoms with Crippen molar-refractivity contribution >= 4 is 17.2 Å². The van der Waals surface area contributed by atoms with Crippen LogP contribution >= 0.6 is 11.3 Å². The fourth-order valence-corrected chi connectivity index (χ4v) is 2.73. The Morgan fingerprint density at radius 2 is 2.53 bits per heavy atom. The van der Waals surface area contributed by atoms with Gasteiger partial charge in [0.2, 0.25) is 0 Å². The summed E-state index contributed by atoms with van der Waals surface area (Å²) in [6.07, 6.45) is 2.60. The molecule has 100 valence electrons. The van der Waals surface area contributed by atoms with Crippen molar-refractivity contribution in [2.24, 2.45) is 5.92 Å². The number of nitrogens with one attached hydrogen (secondary N) is 1. The molecule has 5 nitrogen and oxygen atoms in total. The molecule has 0 aliphatic carbocycles. The molecule has 2 aromatic heterocycles. The van der Waals surface area contributed by atoms with Gasteiger partial charge in [0.05, 0.1) is 12.9 Å². The van der Waals surface area contributed by atoms with Crippen LogP contribution in [0.3, 0.4) is 0 Å². The lowest BCUT2D eigenvalue weighted by Crippen LogP contribution is -2.29. The second-order valence-electron chi connectivity index (χ2n) is 4.45. The summed E-state index contributed by atoms with van der Waals surface area (Å²) in [4.78, 5) is 16.2. The Hall–Kier alpha value is -1.66. The second-order valence-corrected chi connectivity index (χ2v) is 5.31. The number of amides is 1. The second kappa shape index (κ2) is 5.54. The van der Waals surface area contributed by atoms with Crippen molar-refractivity contribution in [3.05, 3.63) is 29.5 Å². The molecule has 0 bridgehead atoms. The van der Waals surface area contributed by atoms with Crippen molar-refractivity contribution in [1.29, 1.82) is 0 Å². The summed E-state index contributed by atoms with van der Waals surface area (Å²) in [7, 11) is 0. The Balaban J connectivity index is 1.60. The number of furan rings is 1. The first kappa shape index (κ1) is 12.4. The van der Waals surface area contributed by atoms with E-state index in [2.05, 4.69) is 10.3 Å². The Kier molecular flexibility index (Phi) is 3.61. The van der Waals surface area contributed by atoms with Gasteiger partial charge < -0.3 is 14.5 Å². The van der Waals surface area contributed by atoms with Gasteiger partial charge in [-0.2, -0.15) is 0 Å². The third-order valence-corrected chi connectivity index (χ3v) is 3.90. The number of hydrogen-bond acceptors (Lipinski definition) is 5. The predicted octanol–water partition coefficient (Wildman–Crippen LogP) is 2.17. The van der Waals surface area contributed by atoms with Gasteiger partial charge >= 0.3 is 0 Å². The lowest BCUT2D eigenvalue weighted by Gasteiger charge is -2.07. The number of rotatable bonds is 4. The van der Waals surface area contributed by atoms with E-state index < -0.39 is 0 Å². The molecule has 0 radical (unpaired) electrons. The summed E-state index contributed by atoms with van der Waals surface area (Å²) in [6.45, 7) is 2.17. The van der Waals surface area contributed by atoms with Gasteiger partial charge in [0.15, 0.2) is 10.8 Å². The van der Waals surface area contributed by atoms with Gasteiger partial charge in [0.25, 0.3) is 5.91 Å². The highest BCUT2D eigenvalue weighted by Gasteiger charge is 2.18. The van der Waals surface area contributed by atoms with Gasteiger partial charge in [-0.3, -0.25) is 4.79 Å². The van der Waals surface area contributed by atoms with Crippen molar-refractivity contribution in [2.75, 3.05) is 19.8 Å². The molecule has 1 amide bonds. The van der Waals surface area contributed by atoms with Crippen LogP contribution in [0.25, 0.3) is 10.8 Å². The maximum absolute atomic E-state index is 11.9. The molecular formula is C13H14N2O3S. The number of nitrogens with zero attached hydrogens (tertiary/aromatic N) is 1. The lowest BCUT2D eigenvalue weighted by molar-refractivity contribution is 0.0941. The standard InChI is InChI=1S/C13H14N2O3S/c16-12(14-6-9-3-5-17-7-9)10-8-19-13(15-10)11-2-1-4-18-11/h1-2,4,8-9H,3,5-7H2,(H,14,16)/t9-/m0/s1. The van der Waals surface area contributed by atoms with Crippen LogP contribution < -0.4 is 5.32 Å². The van der Waals surface area contributed by atoms with Crippen molar-refractivity contribution < 1.29 is 13.9 Å². The molecule has 0 spiro atoms. The van der Waals surface area contributed by atoms with E-state index in [-0.39, 0.29) is 5.91 Å². The molecular weight excluding hydrogens is 264 g/mol. The van der Waals surface area contributed by atoms with Gasteiger partial charge in [-0.1, -0.05) is 0 Å². The summed E-state index contributed by atoms with van der Waals surface area (Å²) < 4.78 is 10.5. The lowest BCUT2D eigenvalue weighted by atomic mass is 10.1. The van der Waals surface area contributed by atoms with Crippen LogP contribution in [-0.2, 0) is 4.74 Å². The molecule has 1 N–H and O–H groups in total. The van der Waals surface area contributed by atoms with E-state index in [1.165, 1.54) is 11.3 Å². The van der Waals surface area contributed by atoms with E-state index in [9.17, 15) is 4.79 Å². The van der Waals surface area contributed by atoms with Crippen LogP contribution in [0.1, 0.15) is 16.9 Å². The van der Waals surface area contributed by atoms with Crippen LogP contribution in [0.5, 0.6) is 0 Å². The smallest absolute Gasteiger partial charge is 0.270 e. The fourth-order valence-electron chi connectivity index (χ4n) is 1.96. The molecule has 0 saturated carbocycles. The fraction of sp³-hybridized carbons (Fsp3) is 0.385. The van der Waals surface area contributed by atoms with Crippen molar-refractivity contribution in [1.82, 2.24) is 10.3 Å². The minimum absolute atomic E-state index is 0.138. The molecule has 3 rings (SSSR count). The largest absolute Gasteiger partial charge is 0.462 e. The van der Waals surface area contributed by atoms with E-state index in [1.54, 1.807) is 17.7 Å². The molecule has 0 aromatic carbocycles. The Labute approximate surface area is 114 Å². The minimum Gasteiger partial charge on any atom is -0.462 e. The zero-order valence-electron chi connectivity index (χ0n) is 10.3. The van der Waals surface area contributed by atoms with Gasteiger partial charge in [-0.15, -0.1) is 11.3 Å². The topological polar surface area (TPSA) is 64.4 Å². The molecule has 3 heterocycles. The summed E-state index contributed by atoms with van der Waals surface area (Å²) in [5, 5.41) is 5.36. The third-order valence-electron chi connectivity index (χ3n) is 3.04. The Morgan fingerprint density at radius 1 is 1.58 bits per heavy atom. The first-order valence-electron chi connectivity index (χ1n) is 6.18. The summed E-state index contributed by atoms with van der Waals surface area (Å²) in [6, 6.07) is 3.63. The molecule has 1 fully saturated rings. The normalized spacial score (nSPS) is 18.6. The highest BCUT2D eigenvalue weighted by molar-refractivity contribution is 7.13. The van der Waals surface area contributed by atoms with Gasteiger partial charge in [-0.25, -0.2) is 4.98 Å². The summed E-state index contributed by atoms with van der Waals surface area (Å²) >= 11 is 1.40. The number of ether oxygens (including phenoxy) is 1. The number of thiazole rings is 1. The first-order chi connectivity index (χ1) is 9.33. The summed E-state index contributed by atoms with van der Waals surface area (Å²) in [5.74, 6) is 0.973. The van der Waals surface area contributed by atoms with E-state index in [0.717, 1.165) is 24.6 Å². The van der Waals surface area contributed by atoms with E-state index in [0.29, 0.717) is 23.9 Å². The number of hydrogen-bond donors (Lipinski definition) is 1. The molecule has 1 aliphatic rings. The highest BCUT2D eigenvalue weighted by atomic mass is 32.1. The molecule has 1 aliphatic heterocycles. The maximum Gasteiger partial charge on any atom is 0.270 e. The SMILES string of the molecule is O=C(NC[C@@H]1CCOC1)c1csc(-c2ccco2)n1. The molecule has 0 unspecified atom stereocenters. The maximum atomic E-state index is 11.9. The van der Waals surface area contributed by atoms with Crippen molar-refractivity contribution in [2.45, 2.75) is 6.42 Å². The molecule has 19 heavy (non-hydrogen) atoms. The Bertz CT molecular complexity index is 544. The quantitative estimate of drug-likeness (QED) is 0.931. The van der Waals surface area contributed by atoms with Crippen molar-refractivity contribution in [3.63, 3.8) is 0 Å². The van der Waals surface area contributed by atoms with E-state index in [4.69, 9.17) is 9.15 Å². The van der Waals surface area contributed by atoms with E-state index >= 15 is 0 Å². The van der Waals surface area contributed by atoms with Gasteiger partial charge in [0.1, 0.15) is 5.69 Å². The number of carbonyl (C=O) groups is 1. The first-order valence-corrected chi connectivity index (χ1v) is 7.06. The van der Waals surface area contributed by atoms with Gasteiger partial charge in [0, 0.05) is 24.4 Å². The molecule has 6 heteroatoms. The van der Waals surface area contributed by atoms with Crippen LogP contribution in [0, 0.1) is 5.92 Å². The highest BCUT2D eigenvalue weighted by Crippen LogP contribution is 2.23. The average molecular weight is 278 g/mol. The predicted molar refractivity (Wildman–Crippen MR) is 71.1 cm³/mol. The number of aromatic nitrogens is 1. The van der Waals surface area contributed by atoms with Gasteiger partial charge in [-0.05, 0) is 18.6 Å². The number of carbonyl (C=O) groups excluding carboxylic acids is 1. The average Bonchev–Trinajstić information content (AvgIpc) is 3.14.